The van der Waals surface area contributed by atoms with Crippen molar-refractivity contribution in [3.63, 3.8) is 0 Å². The zero-order chi connectivity index (χ0) is 25.3. The van der Waals surface area contributed by atoms with E-state index in [-0.39, 0.29) is 62.5 Å². The van der Waals surface area contributed by atoms with Crippen LogP contribution in [0, 0.1) is 12.7 Å². The maximum atomic E-state index is 13.6. The first-order chi connectivity index (χ1) is 16.6. The van der Waals surface area contributed by atoms with Crippen molar-refractivity contribution >= 4 is 17.5 Å². The van der Waals surface area contributed by atoms with Crippen LogP contribution < -0.4 is 16.8 Å². The zero-order valence-electron chi connectivity index (χ0n) is 19.2. The molecule has 0 aliphatic heterocycles. The van der Waals surface area contributed by atoms with Gasteiger partial charge in [0.05, 0.1) is 17.1 Å². The van der Waals surface area contributed by atoms with Gasteiger partial charge in [0.2, 0.25) is 5.92 Å². The monoisotopic (exact) mass is 501 g/mol. The van der Waals surface area contributed by atoms with Gasteiger partial charge >= 0.3 is 0 Å². The van der Waals surface area contributed by atoms with Gasteiger partial charge < -0.3 is 16.8 Å². The summed E-state index contributed by atoms with van der Waals surface area (Å²) in [6.07, 6.45) is -0.0808. The molecule has 2 amide bonds. The molecule has 0 bridgehead atoms. The minimum Gasteiger partial charge on any atom is -0.395 e. The van der Waals surface area contributed by atoms with Crippen LogP contribution in [0.25, 0.3) is 5.69 Å². The lowest BCUT2D eigenvalue weighted by molar-refractivity contribution is -0.0384. The Morgan fingerprint density at radius 3 is 2.39 bits per heavy atom. The maximum Gasteiger partial charge on any atom is 0.269 e. The summed E-state index contributed by atoms with van der Waals surface area (Å²) in [7, 11) is 0. The van der Waals surface area contributed by atoms with Crippen molar-refractivity contribution in [3.8, 4) is 5.69 Å². The molecule has 0 unspecified atom stereocenters. The highest BCUT2D eigenvalue weighted by molar-refractivity contribution is 5.97. The van der Waals surface area contributed by atoms with E-state index in [9.17, 15) is 22.8 Å². The van der Waals surface area contributed by atoms with Crippen molar-refractivity contribution in [2.75, 3.05) is 5.73 Å². The summed E-state index contributed by atoms with van der Waals surface area (Å²) in [6.45, 7) is 1.92. The number of aromatic nitrogens is 2. The lowest BCUT2D eigenvalue weighted by atomic mass is 9.84. The Bertz CT molecular complexity index is 1260. The molecule has 1 aromatic heterocycles. The molecule has 0 spiro atoms. The largest absolute Gasteiger partial charge is 0.395 e. The van der Waals surface area contributed by atoms with Crippen LogP contribution in [0.1, 0.15) is 76.7 Å². The highest BCUT2D eigenvalue weighted by atomic mass is 19.3. The number of alkyl halides is 2. The van der Waals surface area contributed by atoms with Crippen LogP contribution in [0.2, 0.25) is 0 Å². The number of carbonyl (C=O) groups excluding carboxylic acids is 2. The van der Waals surface area contributed by atoms with E-state index in [4.69, 9.17) is 11.5 Å². The number of aryl methyl sites for hydroxylation is 1. The van der Waals surface area contributed by atoms with Gasteiger partial charge in [-0.05, 0) is 55.2 Å². The molecule has 1 fully saturated rings. The fraction of sp³-hybridized carbons (Fsp3) is 0.346. The highest BCUT2D eigenvalue weighted by Crippen LogP contribution is 2.42. The number of hydrogen-bond donors (Lipinski definition) is 3. The number of halogens is 3. The number of amides is 2. The predicted octanol–water partition coefficient (Wildman–Crippen LogP) is 4.86. The summed E-state index contributed by atoms with van der Waals surface area (Å²) in [5.41, 5.74) is 14.4. The first-order valence-corrected chi connectivity index (χ1v) is 11.3. The van der Waals surface area contributed by atoms with E-state index in [0.29, 0.717) is 16.9 Å². The van der Waals surface area contributed by atoms with Crippen molar-refractivity contribution in [1.82, 2.24) is 15.1 Å². The van der Waals surface area contributed by atoms with Gasteiger partial charge in [0.25, 0.3) is 11.8 Å². The van der Waals surface area contributed by atoms with E-state index in [1.165, 1.54) is 22.9 Å². The van der Waals surface area contributed by atoms with Gasteiger partial charge in [0.1, 0.15) is 5.82 Å². The number of rotatable bonds is 6. The topological polar surface area (TPSA) is 116 Å². The summed E-state index contributed by atoms with van der Waals surface area (Å²) >= 11 is 0. The molecule has 10 heteroatoms. The van der Waals surface area contributed by atoms with Gasteiger partial charge in [0.15, 0.2) is 5.69 Å². The normalized spacial score (nSPS) is 15.2. The second kappa shape index (κ2) is 10.4. The summed E-state index contributed by atoms with van der Waals surface area (Å²) in [5.74, 6) is -4.64. The van der Waals surface area contributed by atoms with Gasteiger partial charge in [-0.15, -0.1) is 0 Å². The van der Waals surface area contributed by atoms with E-state index in [2.05, 4.69) is 10.4 Å². The Morgan fingerprint density at radius 2 is 1.78 bits per heavy atom. The molecule has 3 aromatic rings. The first-order valence-electron chi connectivity index (χ1n) is 11.3. The Labute approximate surface area is 207 Å². The number of nitrogen functional groups attached to an aromatic ring is 1. The van der Waals surface area contributed by atoms with Crippen molar-refractivity contribution in [1.29, 1.82) is 0 Å². The van der Waals surface area contributed by atoms with Gasteiger partial charge in [-0.1, -0.05) is 25.6 Å². The summed E-state index contributed by atoms with van der Waals surface area (Å²) in [4.78, 5) is 24.6. The fourth-order valence-corrected chi connectivity index (χ4v) is 4.36. The molecular weight excluding hydrogens is 471 g/mol. The molecule has 7 nitrogen and oxygen atoms in total. The molecule has 2 aromatic carbocycles. The third-order valence-electron chi connectivity index (χ3n) is 6.37. The minimum atomic E-state index is -2.70. The van der Waals surface area contributed by atoms with E-state index in [0.717, 1.165) is 5.56 Å². The van der Waals surface area contributed by atoms with Gasteiger partial charge in [0, 0.05) is 30.9 Å². The number of hydrogen-bond acceptors (Lipinski definition) is 4. The van der Waals surface area contributed by atoms with Gasteiger partial charge in [-0.3, -0.25) is 9.59 Å². The molecule has 0 saturated heterocycles. The molecule has 1 heterocycles. The number of nitrogens with one attached hydrogen (secondary N) is 1. The lowest BCUT2D eigenvalue weighted by Gasteiger charge is -2.27. The number of nitrogens with two attached hydrogens (primary N) is 2. The Kier molecular flexibility index (Phi) is 7.76. The van der Waals surface area contributed by atoms with Crippen molar-refractivity contribution in [2.24, 2.45) is 5.73 Å². The average molecular weight is 502 g/mol. The number of carbonyl (C=O) groups is 2. The number of nitrogens with zero attached hydrogens (tertiary/aromatic N) is 2. The summed E-state index contributed by atoms with van der Waals surface area (Å²) in [5, 5.41) is 7.23. The van der Waals surface area contributed by atoms with Crippen LogP contribution in [0.3, 0.4) is 0 Å². The van der Waals surface area contributed by atoms with Crippen LogP contribution in [-0.4, -0.2) is 27.5 Å². The smallest absolute Gasteiger partial charge is 0.269 e. The van der Waals surface area contributed by atoms with E-state index in [1.807, 2.05) is 0 Å². The molecule has 1 saturated carbocycles. The molecule has 1 aliphatic carbocycles. The summed E-state index contributed by atoms with van der Waals surface area (Å²) < 4.78 is 42.0. The van der Waals surface area contributed by atoms with Crippen molar-refractivity contribution in [2.45, 2.75) is 58.4 Å². The molecule has 192 valence electrons. The molecule has 1 aliphatic rings. The Hall–Kier alpha value is -3.82. The SMILES string of the molecule is C.Cc1ccc(F)cc1C(=O)NCc1ccc(-n2nc(C3CCC(F)(F)CC3)c(N)c2C(N)=O)cc1. The molecule has 4 rings (SSSR count). The molecular formula is C26H30F3N5O2. The molecule has 0 atom stereocenters. The third kappa shape index (κ3) is 5.53. The van der Waals surface area contributed by atoms with Gasteiger partial charge in [-0.2, -0.15) is 5.10 Å². The van der Waals surface area contributed by atoms with Crippen LogP contribution in [-0.2, 0) is 6.54 Å². The Balaban J connectivity index is 0.00000361. The maximum absolute atomic E-state index is 13.6. The van der Waals surface area contributed by atoms with E-state index >= 15 is 0 Å². The van der Waals surface area contributed by atoms with Crippen LogP contribution >= 0.6 is 0 Å². The fourth-order valence-electron chi connectivity index (χ4n) is 4.36. The average Bonchev–Trinajstić information content (AvgIpc) is 3.16. The van der Waals surface area contributed by atoms with Crippen molar-refractivity contribution < 1.29 is 22.8 Å². The second-order valence-electron chi connectivity index (χ2n) is 8.86. The first kappa shape index (κ1) is 26.8. The molecule has 5 N–H and O–H groups in total. The molecule has 36 heavy (non-hydrogen) atoms. The van der Waals surface area contributed by atoms with E-state index in [1.54, 1.807) is 31.2 Å². The Morgan fingerprint density at radius 1 is 1.14 bits per heavy atom. The van der Waals surface area contributed by atoms with Crippen LogP contribution in [0.4, 0.5) is 18.9 Å². The van der Waals surface area contributed by atoms with Gasteiger partial charge in [-0.25, -0.2) is 17.9 Å². The number of benzene rings is 2. The highest BCUT2D eigenvalue weighted by Gasteiger charge is 2.38. The van der Waals surface area contributed by atoms with E-state index < -0.39 is 23.6 Å². The number of primary amides is 1. The number of anilines is 1. The second-order valence-corrected chi connectivity index (χ2v) is 8.86. The lowest BCUT2D eigenvalue weighted by Crippen LogP contribution is -2.24. The summed E-state index contributed by atoms with van der Waals surface area (Å²) in [6, 6.07) is 10.9. The zero-order valence-corrected chi connectivity index (χ0v) is 19.2. The standard InChI is InChI=1S/C25H26F3N5O2.CH4/c1-14-2-5-17(26)12-19(14)24(35)31-13-15-3-6-18(7-4-15)33-22(23(30)34)20(29)21(32-33)16-8-10-25(27,28)11-9-16;/h2-7,12,16H,8-11,13,29H2,1H3,(H2,30,34)(H,31,35);1H4. The van der Waals surface area contributed by atoms with Crippen LogP contribution in [0.5, 0.6) is 0 Å². The van der Waals surface area contributed by atoms with Crippen molar-refractivity contribution in [3.05, 3.63) is 76.4 Å². The van der Waals surface area contributed by atoms with Crippen LogP contribution in [0.15, 0.2) is 42.5 Å². The predicted molar refractivity (Wildman–Crippen MR) is 132 cm³/mol. The molecule has 0 radical (unpaired) electrons. The third-order valence-corrected chi connectivity index (χ3v) is 6.37. The minimum absolute atomic E-state index is 0. The quantitative estimate of drug-likeness (QED) is 0.447.